The number of rotatable bonds is 6. The van der Waals surface area contributed by atoms with Gasteiger partial charge in [-0.3, -0.25) is 0 Å². The molecule has 2 aromatic rings. The average Bonchev–Trinajstić information content (AvgIpc) is 2.72. The summed E-state index contributed by atoms with van der Waals surface area (Å²) >= 11 is 0. The van der Waals surface area contributed by atoms with Crippen molar-refractivity contribution in [3.05, 3.63) is 71.8 Å². The molecular formula is C20H22O7. The Balaban J connectivity index is 1.74. The SMILES string of the molecule is O=C(O[C@H]1[C@H](OCc2ccccc2)O[C@H](CO)[C@H](O)[C@@H]1O)c1ccccc1. The molecule has 1 fully saturated rings. The summed E-state index contributed by atoms with van der Waals surface area (Å²) in [5.74, 6) is -0.675. The Kier molecular flexibility index (Phi) is 6.54. The molecule has 7 nitrogen and oxygen atoms in total. The predicted molar refractivity (Wildman–Crippen MR) is 94.6 cm³/mol. The van der Waals surface area contributed by atoms with Crippen molar-refractivity contribution in [1.82, 2.24) is 0 Å². The largest absolute Gasteiger partial charge is 0.450 e. The molecule has 0 aliphatic carbocycles. The van der Waals surface area contributed by atoms with Crippen LogP contribution in [-0.2, 0) is 20.8 Å². The van der Waals surface area contributed by atoms with Gasteiger partial charge >= 0.3 is 5.97 Å². The van der Waals surface area contributed by atoms with Crippen LogP contribution in [0.25, 0.3) is 0 Å². The molecule has 144 valence electrons. The predicted octanol–water partition coefficient (Wildman–Crippen LogP) is 0.868. The number of carbonyl (C=O) groups excluding carboxylic acids is 1. The molecule has 0 saturated carbocycles. The number of carbonyl (C=O) groups is 1. The van der Waals surface area contributed by atoms with E-state index in [1.165, 1.54) is 0 Å². The van der Waals surface area contributed by atoms with E-state index in [1.807, 2.05) is 30.3 Å². The van der Waals surface area contributed by atoms with Crippen molar-refractivity contribution >= 4 is 5.97 Å². The molecule has 27 heavy (non-hydrogen) atoms. The molecule has 1 saturated heterocycles. The molecule has 0 radical (unpaired) electrons. The molecule has 1 heterocycles. The van der Waals surface area contributed by atoms with E-state index in [4.69, 9.17) is 14.2 Å². The number of hydrogen-bond donors (Lipinski definition) is 3. The maximum atomic E-state index is 12.4. The zero-order chi connectivity index (χ0) is 19.2. The Morgan fingerprint density at radius 2 is 1.59 bits per heavy atom. The van der Waals surface area contributed by atoms with Crippen LogP contribution in [0.5, 0.6) is 0 Å². The second-order valence-corrected chi connectivity index (χ2v) is 6.24. The zero-order valence-electron chi connectivity index (χ0n) is 14.5. The molecule has 2 aromatic carbocycles. The van der Waals surface area contributed by atoms with E-state index in [2.05, 4.69) is 0 Å². The van der Waals surface area contributed by atoms with Gasteiger partial charge in [-0.15, -0.1) is 0 Å². The first-order valence-corrected chi connectivity index (χ1v) is 8.64. The van der Waals surface area contributed by atoms with Gasteiger partial charge in [0, 0.05) is 0 Å². The molecule has 0 bridgehead atoms. The van der Waals surface area contributed by atoms with Crippen LogP contribution in [0.15, 0.2) is 60.7 Å². The Hall–Kier alpha value is -2.29. The first-order chi connectivity index (χ1) is 13.1. The van der Waals surface area contributed by atoms with Gasteiger partial charge in [0.15, 0.2) is 12.4 Å². The first-order valence-electron chi connectivity index (χ1n) is 8.64. The minimum Gasteiger partial charge on any atom is -0.450 e. The van der Waals surface area contributed by atoms with E-state index in [9.17, 15) is 20.1 Å². The summed E-state index contributed by atoms with van der Waals surface area (Å²) in [6.45, 7) is -0.366. The third-order valence-corrected chi connectivity index (χ3v) is 4.33. The maximum Gasteiger partial charge on any atom is 0.338 e. The number of esters is 1. The second kappa shape index (κ2) is 9.07. The topological polar surface area (TPSA) is 105 Å². The van der Waals surface area contributed by atoms with Crippen LogP contribution < -0.4 is 0 Å². The van der Waals surface area contributed by atoms with E-state index in [0.29, 0.717) is 5.56 Å². The molecule has 0 unspecified atom stereocenters. The third kappa shape index (κ3) is 4.71. The highest BCUT2D eigenvalue weighted by Crippen LogP contribution is 2.26. The molecule has 5 atom stereocenters. The lowest BCUT2D eigenvalue weighted by atomic mass is 9.99. The van der Waals surface area contributed by atoms with Crippen molar-refractivity contribution in [1.29, 1.82) is 0 Å². The summed E-state index contributed by atoms with van der Waals surface area (Å²) in [6, 6.07) is 17.5. The van der Waals surface area contributed by atoms with Crippen LogP contribution in [-0.4, -0.2) is 58.6 Å². The van der Waals surface area contributed by atoms with E-state index < -0.39 is 43.3 Å². The van der Waals surface area contributed by atoms with Crippen LogP contribution in [0.4, 0.5) is 0 Å². The highest BCUT2D eigenvalue weighted by atomic mass is 16.7. The number of ether oxygens (including phenoxy) is 3. The van der Waals surface area contributed by atoms with Gasteiger partial charge in [0.25, 0.3) is 0 Å². The van der Waals surface area contributed by atoms with Crippen molar-refractivity contribution < 1.29 is 34.3 Å². The summed E-state index contributed by atoms with van der Waals surface area (Å²) in [5.41, 5.74) is 1.15. The van der Waals surface area contributed by atoms with E-state index >= 15 is 0 Å². The lowest BCUT2D eigenvalue weighted by Gasteiger charge is -2.41. The Labute approximate surface area is 156 Å². The van der Waals surface area contributed by atoms with Gasteiger partial charge in [-0.2, -0.15) is 0 Å². The standard InChI is InChI=1S/C20H22O7/c21-11-15-16(22)17(23)18(27-19(24)14-9-5-2-6-10-14)20(26-15)25-12-13-7-3-1-4-8-13/h1-10,15-18,20-23H,11-12H2/t15-,16+,17+,18-,20-/m1/s1. The fraction of sp³-hybridized carbons (Fsp3) is 0.350. The van der Waals surface area contributed by atoms with Crippen LogP contribution in [0.3, 0.4) is 0 Å². The molecule has 0 aromatic heterocycles. The molecule has 1 aliphatic heterocycles. The highest BCUT2D eigenvalue weighted by Gasteiger charge is 2.47. The van der Waals surface area contributed by atoms with E-state index in [1.54, 1.807) is 30.3 Å². The molecular weight excluding hydrogens is 352 g/mol. The summed E-state index contributed by atoms with van der Waals surface area (Å²) in [5, 5.41) is 29.9. The molecule has 0 spiro atoms. The van der Waals surface area contributed by atoms with Crippen molar-refractivity contribution in [2.24, 2.45) is 0 Å². The second-order valence-electron chi connectivity index (χ2n) is 6.24. The molecule has 1 aliphatic rings. The molecule has 7 heteroatoms. The summed E-state index contributed by atoms with van der Waals surface area (Å²) in [4.78, 5) is 12.4. The van der Waals surface area contributed by atoms with Crippen molar-refractivity contribution in [2.45, 2.75) is 37.3 Å². The average molecular weight is 374 g/mol. The van der Waals surface area contributed by atoms with Crippen LogP contribution in [0.1, 0.15) is 15.9 Å². The summed E-state index contributed by atoms with van der Waals surface area (Å²) < 4.78 is 16.6. The number of benzene rings is 2. The molecule has 3 rings (SSSR count). The van der Waals surface area contributed by atoms with E-state index in [-0.39, 0.29) is 6.61 Å². The summed E-state index contributed by atoms with van der Waals surface area (Å²) in [6.07, 6.45) is -6.33. The zero-order valence-corrected chi connectivity index (χ0v) is 14.5. The van der Waals surface area contributed by atoms with Gasteiger partial charge in [0.1, 0.15) is 18.3 Å². The van der Waals surface area contributed by atoms with Crippen LogP contribution in [0, 0.1) is 0 Å². The highest BCUT2D eigenvalue weighted by molar-refractivity contribution is 5.89. The number of aliphatic hydroxyl groups is 3. The fourth-order valence-electron chi connectivity index (χ4n) is 2.83. The van der Waals surface area contributed by atoms with Gasteiger partial charge < -0.3 is 29.5 Å². The van der Waals surface area contributed by atoms with Gasteiger partial charge in [-0.25, -0.2) is 4.79 Å². The van der Waals surface area contributed by atoms with Crippen LogP contribution in [0.2, 0.25) is 0 Å². The smallest absolute Gasteiger partial charge is 0.338 e. The number of hydrogen-bond acceptors (Lipinski definition) is 7. The maximum absolute atomic E-state index is 12.4. The fourth-order valence-corrected chi connectivity index (χ4v) is 2.83. The van der Waals surface area contributed by atoms with Crippen molar-refractivity contribution in [3.63, 3.8) is 0 Å². The van der Waals surface area contributed by atoms with Crippen LogP contribution >= 0.6 is 0 Å². The quantitative estimate of drug-likeness (QED) is 0.644. The Morgan fingerprint density at radius 3 is 2.22 bits per heavy atom. The number of aliphatic hydroxyl groups excluding tert-OH is 3. The normalized spacial score (nSPS) is 27.9. The van der Waals surface area contributed by atoms with E-state index in [0.717, 1.165) is 5.56 Å². The van der Waals surface area contributed by atoms with Crippen molar-refractivity contribution in [3.8, 4) is 0 Å². The van der Waals surface area contributed by atoms with Gasteiger partial charge in [0.05, 0.1) is 18.8 Å². The molecule has 0 amide bonds. The molecule has 3 N–H and O–H groups in total. The Bertz CT molecular complexity index is 722. The monoisotopic (exact) mass is 374 g/mol. The van der Waals surface area contributed by atoms with Crippen molar-refractivity contribution in [2.75, 3.05) is 6.61 Å². The van der Waals surface area contributed by atoms with Gasteiger partial charge in [0.2, 0.25) is 0 Å². The lowest BCUT2D eigenvalue weighted by molar-refractivity contribution is -0.303. The summed E-state index contributed by atoms with van der Waals surface area (Å²) in [7, 11) is 0. The van der Waals surface area contributed by atoms with Gasteiger partial charge in [-0.1, -0.05) is 48.5 Å². The first kappa shape index (κ1) is 19.5. The van der Waals surface area contributed by atoms with Gasteiger partial charge in [-0.05, 0) is 17.7 Å². The Morgan fingerprint density at radius 1 is 0.963 bits per heavy atom. The lowest BCUT2D eigenvalue weighted by Crippen LogP contribution is -2.60. The third-order valence-electron chi connectivity index (χ3n) is 4.33. The minimum atomic E-state index is -1.47. The minimum absolute atomic E-state index is 0.145.